The Balaban J connectivity index is 1.32. The Morgan fingerprint density at radius 2 is 1.60 bits per heavy atom. The van der Waals surface area contributed by atoms with Gasteiger partial charge in [-0.25, -0.2) is 0 Å². The molecule has 1 N–H and O–H groups in total. The number of likely N-dealkylation sites (tertiary alicyclic amines) is 1. The molecule has 2 saturated carbocycles. The quantitative estimate of drug-likeness (QED) is 0.439. The lowest BCUT2D eigenvalue weighted by Crippen LogP contribution is -2.40. The largest absolute Gasteiger partial charge is 0.325 e. The van der Waals surface area contributed by atoms with Crippen LogP contribution in [-0.2, 0) is 14.4 Å². The van der Waals surface area contributed by atoms with Crippen LogP contribution >= 0.6 is 22.6 Å². The Morgan fingerprint density at radius 3 is 2.16 bits per heavy atom. The van der Waals surface area contributed by atoms with Crippen LogP contribution in [0.4, 0.5) is 5.69 Å². The number of nitrogens with one attached hydrogen (secondary N) is 1. The summed E-state index contributed by atoms with van der Waals surface area (Å²) in [5.74, 6) is 0.431. The highest BCUT2D eigenvalue weighted by Gasteiger charge is 2.67. The van der Waals surface area contributed by atoms with E-state index in [1.54, 1.807) is 0 Å². The molecule has 6 atom stereocenters. The lowest BCUT2D eigenvalue weighted by molar-refractivity contribution is -0.142. The summed E-state index contributed by atoms with van der Waals surface area (Å²) in [4.78, 5) is 39.2. The van der Waals surface area contributed by atoms with Gasteiger partial charge in [-0.15, -0.1) is 0 Å². The summed E-state index contributed by atoms with van der Waals surface area (Å²) in [5, 5.41) is 2.77. The van der Waals surface area contributed by atoms with Crippen molar-refractivity contribution in [1.82, 2.24) is 4.90 Å². The van der Waals surface area contributed by atoms with Crippen LogP contribution in [0.1, 0.15) is 6.42 Å². The molecule has 6 heteroatoms. The number of halogens is 1. The number of imide groups is 1. The van der Waals surface area contributed by atoms with Crippen molar-refractivity contribution < 1.29 is 14.4 Å². The summed E-state index contributed by atoms with van der Waals surface area (Å²) < 4.78 is 1.08. The van der Waals surface area contributed by atoms with E-state index in [0.29, 0.717) is 17.5 Å². The number of carbonyl (C=O) groups excluding carboxylic acids is 3. The number of carbonyl (C=O) groups is 3. The van der Waals surface area contributed by atoms with E-state index >= 15 is 0 Å². The molecule has 4 aliphatic carbocycles. The normalized spacial score (nSPS) is 37.1. The van der Waals surface area contributed by atoms with Gasteiger partial charge in [-0.1, -0.05) is 12.2 Å². The first-order valence-electron chi connectivity index (χ1n) is 8.63. The number of rotatable bonds is 3. The zero-order chi connectivity index (χ0) is 17.3. The fraction of sp³-hybridized carbons (Fsp3) is 0.421. The number of allylic oxidation sites excluding steroid dienone is 2. The van der Waals surface area contributed by atoms with Crippen molar-refractivity contribution in [2.24, 2.45) is 35.5 Å². The van der Waals surface area contributed by atoms with Gasteiger partial charge in [0.1, 0.15) is 6.54 Å². The van der Waals surface area contributed by atoms with Crippen LogP contribution in [0.15, 0.2) is 36.4 Å². The zero-order valence-corrected chi connectivity index (χ0v) is 15.5. The van der Waals surface area contributed by atoms with Crippen molar-refractivity contribution in [2.75, 3.05) is 11.9 Å². The monoisotopic (exact) mass is 448 g/mol. The van der Waals surface area contributed by atoms with Crippen molar-refractivity contribution in [3.63, 3.8) is 0 Å². The summed E-state index contributed by atoms with van der Waals surface area (Å²) in [6, 6.07) is 7.41. The van der Waals surface area contributed by atoms with Gasteiger partial charge in [0.15, 0.2) is 0 Å². The van der Waals surface area contributed by atoms with Gasteiger partial charge in [0, 0.05) is 9.26 Å². The van der Waals surface area contributed by atoms with E-state index in [-0.39, 0.29) is 47.9 Å². The highest BCUT2D eigenvalue weighted by molar-refractivity contribution is 14.1. The Labute approximate surface area is 159 Å². The van der Waals surface area contributed by atoms with Crippen molar-refractivity contribution in [2.45, 2.75) is 6.42 Å². The predicted molar refractivity (Wildman–Crippen MR) is 99.2 cm³/mol. The highest BCUT2D eigenvalue weighted by Crippen LogP contribution is 2.65. The van der Waals surface area contributed by atoms with Gasteiger partial charge in [0.25, 0.3) is 0 Å². The third-order valence-corrected chi connectivity index (χ3v) is 6.90. The second kappa shape index (κ2) is 5.40. The Kier molecular flexibility index (Phi) is 3.36. The SMILES string of the molecule is O=C(CN1C(=O)[C@@H]2[C@@H]3C=C[C@H]([C@H]4C[C@@H]34)[C@@H]2C1=O)Nc1ccc(I)cc1. The van der Waals surface area contributed by atoms with Gasteiger partial charge in [-0.05, 0) is 76.9 Å². The maximum atomic E-state index is 12.8. The molecule has 5 aliphatic rings. The summed E-state index contributed by atoms with van der Waals surface area (Å²) in [5.41, 5.74) is 0.671. The molecule has 0 spiro atoms. The summed E-state index contributed by atoms with van der Waals surface area (Å²) in [6.45, 7) is -0.189. The molecule has 0 unspecified atom stereocenters. The number of anilines is 1. The first-order chi connectivity index (χ1) is 12.0. The molecule has 3 fully saturated rings. The molecule has 0 radical (unpaired) electrons. The summed E-state index contributed by atoms with van der Waals surface area (Å²) >= 11 is 2.19. The summed E-state index contributed by atoms with van der Waals surface area (Å²) in [6.07, 6.45) is 5.42. The third kappa shape index (κ3) is 2.29. The molecule has 1 saturated heterocycles. The van der Waals surface area contributed by atoms with Crippen LogP contribution in [0.3, 0.4) is 0 Å². The standard InChI is InChI=1S/C19H17IN2O3/c20-9-1-3-10(4-2-9)21-15(23)8-22-18(24)16-11-5-6-12(14-7-13(11)14)17(16)19(22)25/h1-6,11-14,16-17H,7-8H2,(H,21,23)/t11-,12-,13-,14+,16+,17-/m1/s1. The Hall–Kier alpha value is -1.70. The molecular weight excluding hydrogens is 431 g/mol. The number of hydrogen-bond donors (Lipinski definition) is 1. The van der Waals surface area contributed by atoms with E-state index in [0.717, 1.165) is 9.99 Å². The minimum atomic E-state index is -0.327. The van der Waals surface area contributed by atoms with Crippen LogP contribution in [-0.4, -0.2) is 29.2 Å². The van der Waals surface area contributed by atoms with Crippen molar-refractivity contribution in [1.29, 1.82) is 0 Å². The van der Waals surface area contributed by atoms with Gasteiger partial charge in [0.2, 0.25) is 17.7 Å². The van der Waals surface area contributed by atoms with E-state index in [9.17, 15) is 14.4 Å². The molecule has 2 bridgehead atoms. The second-order valence-corrected chi connectivity index (χ2v) is 8.72. The summed E-state index contributed by atoms with van der Waals surface area (Å²) in [7, 11) is 0. The Bertz CT molecular complexity index is 782. The second-order valence-electron chi connectivity index (χ2n) is 7.47. The van der Waals surface area contributed by atoms with Gasteiger partial charge in [0.05, 0.1) is 11.8 Å². The van der Waals surface area contributed by atoms with Gasteiger partial charge < -0.3 is 5.32 Å². The smallest absolute Gasteiger partial charge is 0.244 e. The van der Waals surface area contributed by atoms with Crippen LogP contribution in [0, 0.1) is 39.1 Å². The van der Waals surface area contributed by atoms with E-state index in [1.165, 1.54) is 4.90 Å². The van der Waals surface area contributed by atoms with E-state index in [1.807, 2.05) is 24.3 Å². The van der Waals surface area contributed by atoms with Crippen molar-refractivity contribution >= 4 is 46.0 Å². The predicted octanol–water partition coefficient (Wildman–Crippen LogP) is 2.28. The number of benzene rings is 1. The molecular formula is C19H17IN2O3. The molecule has 1 aliphatic heterocycles. The maximum absolute atomic E-state index is 12.8. The minimum absolute atomic E-state index is 0.155. The maximum Gasteiger partial charge on any atom is 0.244 e. The topological polar surface area (TPSA) is 66.5 Å². The first kappa shape index (κ1) is 15.5. The van der Waals surface area contributed by atoms with E-state index < -0.39 is 0 Å². The fourth-order valence-corrected chi connectivity index (χ4v) is 5.41. The average Bonchev–Trinajstić information content (AvgIpc) is 3.38. The average molecular weight is 448 g/mol. The molecule has 0 aromatic heterocycles. The Morgan fingerprint density at radius 1 is 1.04 bits per heavy atom. The number of hydrogen-bond acceptors (Lipinski definition) is 3. The van der Waals surface area contributed by atoms with Crippen LogP contribution in [0.25, 0.3) is 0 Å². The van der Waals surface area contributed by atoms with Gasteiger partial charge in [-0.2, -0.15) is 0 Å². The van der Waals surface area contributed by atoms with Crippen molar-refractivity contribution in [3.8, 4) is 0 Å². The van der Waals surface area contributed by atoms with Gasteiger partial charge in [-0.3, -0.25) is 19.3 Å². The lowest BCUT2D eigenvalue weighted by Gasteiger charge is -2.37. The van der Waals surface area contributed by atoms with E-state index in [4.69, 9.17) is 0 Å². The minimum Gasteiger partial charge on any atom is -0.325 e. The van der Waals surface area contributed by atoms with Crippen LogP contribution in [0.2, 0.25) is 0 Å². The fourth-order valence-electron chi connectivity index (χ4n) is 5.05. The lowest BCUT2D eigenvalue weighted by atomic mass is 9.63. The van der Waals surface area contributed by atoms with Gasteiger partial charge >= 0.3 is 0 Å². The zero-order valence-electron chi connectivity index (χ0n) is 13.4. The first-order valence-corrected chi connectivity index (χ1v) is 9.71. The van der Waals surface area contributed by atoms with Crippen LogP contribution < -0.4 is 5.32 Å². The number of nitrogens with zero attached hydrogens (tertiary/aromatic N) is 1. The molecule has 1 heterocycles. The third-order valence-electron chi connectivity index (χ3n) is 6.18. The molecule has 128 valence electrons. The molecule has 5 nitrogen and oxygen atoms in total. The van der Waals surface area contributed by atoms with E-state index in [2.05, 4.69) is 40.1 Å². The molecule has 6 rings (SSSR count). The molecule has 1 aromatic rings. The number of amides is 3. The highest BCUT2D eigenvalue weighted by atomic mass is 127. The molecule has 25 heavy (non-hydrogen) atoms. The van der Waals surface area contributed by atoms with Crippen LogP contribution in [0.5, 0.6) is 0 Å². The van der Waals surface area contributed by atoms with Crippen molar-refractivity contribution in [3.05, 3.63) is 40.0 Å². The molecule has 1 aromatic carbocycles. The molecule has 3 amide bonds.